The molecule has 70 valence electrons. The van der Waals surface area contributed by atoms with Gasteiger partial charge in [-0.2, -0.15) is 17.0 Å². The lowest BCUT2D eigenvalue weighted by molar-refractivity contribution is 0.232. The Kier molecular flexibility index (Phi) is 6.23. The monoisotopic (exact) mass is 186 g/mol. The fourth-order valence-corrected chi connectivity index (χ4v) is 1.85. The first-order valence-electron chi connectivity index (χ1n) is 4.27. The quantitative estimate of drug-likeness (QED) is 0.657. The summed E-state index contributed by atoms with van der Waals surface area (Å²) in [6, 6.07) is 2.87. The first kappa shape index (κ1) is 11.8. The van der Waals surface area contributed by atoms with Crippen LogP contribution < -0.4 is 0 Å². The topological polar surface area (TPSA) is 27.0 Å². The zero-order valence-corrected chi connectivity index (χ0v) is 9.19. The fourth-order valence-electron chi connectivity index (χ4n) is 1.14. The van der Waals surface area contributed by atoms with E-state index in [0.29, 0.717) is 6.04 Å². The summed E-state index contributed by atoms with van der Waals surface area (Å²) in [5.74, 6) is 1.09. The van der Waals surface area contributed by atoms with Crippen LogP contribution in [0.2, 0.25) is 0 Å². The van der Waals surface area contributed by atoms with Crippen molar-refractivity contribution in [3.8, 4) is 6.07 Å². The van der Waals surface area contributed by atoms with E-state index in [1.54, 1.807) is 0 Å². The van der Waals surface area contributed by atoms with E-state index in [1.807, 2.05) is 18.8 Å². The summed E-state index contributed by atoms with van der Waals surface area (Å²) in [5, 5.41) is 8.82. The average molecular weight is 186 g/mol. The lowest BCUT2D eigenvalue weighted by atomic mass is 10.2. The van der Waals surface area contributed by atoms with E-state index < -0.39 is 0 Å². The summed E-state index contributed by atoms with van der Waals surface area (Å²) >= 11 is 1.83. The van der Waals surface area contributed by atoms with E-state index in [1.165, 1.54) is 0 Å². The molecule has 3 heteroatoms. The van der Waals surface area contributed by atoms with Crippen LogP contribution in [0.1, 0.15) is 20.3 Å². The molecule has 0 aromatic heterocycles. The van der Waals surface area contributed by atoms with Crippen LogP contribution in [0.15, 0.2) is 0 Å². The highest BCUT2D eigenvalue weighted by molar-refractivity contribution is 7.98. The van der Waals surface area contributed by atoms with E-state index in [0.717, 1.165) is 12.2 Å². The van der Waals surface area contributed by atoms with Crippen molar-refractivity contribution in [2.45, 2.75) is 32.4 Å². The van der Waals surface area contributed by atoms with Crippen LogP contribution in [0.25, 0.3) is 0 Å². The van der Waals surface area contributed by atoms with E-state index in [4.69, 9.17) is 5.26 Å². The zero-order chi connectivity index (χ0) is 9.56. The molecule has 0 aromatic carbocycles. The van der Waals surface area contributed by atoms with Gasteiger partial charge in [0.2, 0.25) is 0 Å². The van der Waals surface area contributed by atoms with E-state index in [-0.39, 0.29) is 6.04 Å². The van der Waals surface area contributed by atoms with Gasteiger partial charge in [-0.05, 0) is 26.6 Å². The van der Waals surface area contributed by atoms with Crippen LogP contribution in [-0.4, -0.2) is 36.0 Å². The van der Waals surface area contributed by atoms with Gasteiger partial charge in [-0.15, -0.1) is 0 Å². The summed E-state index contributed by atoms with van der Waals surface area (Å²) in [6.07, 6.45) is 3.00. The number of hydrogen-bond donors (Lipinski definition) is 0. The third kappa shape index (κ3) is 3.46. The van der Waals surface area contributed by atoms with Gasteiger partial charge in [0.05, 0.1) is 12.1 Å². The van der Waals surface area contributed by atoms with Gasteiger partial charge >= 0.3 is 0 Å². The first-order valence-corrected chi connectivity index (χ1v) is 5.67. The maximum absolute atomic E-state index is 8.82. The molecule has 0 amide bonds. The molecule has 2 nitrogen and oxygen atoms in total. The van der Waals surface area contributed by atoms with Crippen LogP contribution in [0.3, 0.4) is 0 Å². The maximum atomic E-state index is 8.82. The minimum Gasteiger partial charge on any atom is -0.288 e. The molecule has 0 aliphatic heterocycles. The predicted molar refractivity (Wildman–Crippen MR) is 55.3 cm³/mol. The largest absolute Gasteiger partial charge is 0.288 e. The fraction of sp³-hybridized carbons (Fsp3) is 0.889. The van der Waals surface area contributed by atoms with Gasteiger partial charge in [0.15, 0.2) is 0 Å². The SMILES string of the molecule is CCC(C#N)N(C)C(C)CSC. The molecule has 0 rings (SSSR count). The highest BCUT2D eigenvalue weighted by Crippen LogP contribution is 2.09. The Labute approximate surface area is 79.9 Å². The third-order valence-electron chi connectivity index (χ3n) is 2.13. The van der Waals surface area contributed by atoms with Crippen molar-refractivity contribution < 1.29 is 0 Å². The van der Waals surface area contributed by atoms with Crippen molar-refractivity contribution >= 4 is 11.8 Å². The molecule has 0 N–H and O–H groups in total. The molecular weight excluding hydrogens is 168 g/mol. The molecule has 0 radical (unpaired) electrons. The standard InChI is InChI=1S/C9H18N2S/c1-5-9(6-10)11(3)8(2)7-12-4/h8-9H,5,7H2,1-4H3. The number of nitrogens with zero attached hydrogens (tertiary/aromatic N) is 2. The van der Waals surface area contributed by atoms with Crippen molar-refractivity contribution in [1.82, 2.24) is 4.90 Å². The van der Waals surface area contributed by atoms with Gasteiger partial charge in [-0.3, -0.25) is 4.90 Å². The lowest BCUT2D eigenvalue weighted by Gasteiger charge is -2.27. The Morgan fingerprint density at radius 3 is 2.50 bits per heavy atom. The summed E-state index contributed by atoms with van der Waals surface area (Å²) < 4.78 is 0. The van der Waals surface area contributed by atoms with Gasteiger partial charge in [0, 0.05) is 11.8 Å². The minimum atomic E-state index is 0.0761. The lowest BCUT2D eigenvalue weighted by Crippen LogP contribution is -2.38. The van der Waals surface area contributed by atoms with E-state index >= 15 is 0 Å². The second-order valence-corrected chi connectivity index (χ2v) is 3.93. The highest BCUT2D eigenvalue weighted by atomic mass is 32.2. The Morgan fingerprint density at radius 1 is 1.58 bits per heavy atom. The molecule has 0 saturated carbocycles. The van der Waals surface area contributed by atoms with Crippen molar-refractivity contribution in [2.75, 3.05) is 19.1 Å². The number of thioether (sulfide) groups is 1. The third-order valence-corrected chi connectivity index (χ3v) is 2.95. The Morgan fingerprint density at radius 2 is 2.17 bits per heavy atom. The minimum absolute atomic E-state index is 0.0761. The summed E-state index contributed by atoms with van der Waals surface area (Å²) in [4.78, 5) is 2.15. The molecule has 0 aliphatic rings. The van der Waals surface area contributed by atoms with Crippen LogP contribution in [0.5, 0.6) is 0 Å². The normalized spacial score (nSPS) is 15.7. The van der Waals surface area contributed by atoms with Crippen molar-refractivity contribution in [3.63, 3.8) is 0 Å². The van der Waals surface area contributed by atoms with Gasteiger partial charge < -0.3 is 0 Å². The Hall–Kier alpha value is -0.200. The Balaban J connectivity index is 3.98. The molecule has 0 bridgehead atoms. The maximum Gasteiger partial charge on any atom is 0.0975 e. The van der Waals surface area contributed by atoms with E-state index in [9.17, 15) is 0 Å². The Bertz CT molecular complexity index is 153. The number of nitriles is 1. The van der Waals surface area contributed by atoms with Crippen LogP contribution in [0.4, 0.5) is 0 Å². The molecule has 12 heavy (non-hydrogen) atoms. The zero-order valence-electron chi connectivity index (χ0n) is 8.37. The van der Waals surface area contributed by atoms with Gasteiger partial charge in [0.1, 0.15) is 0 Å². The van der Waals surface area contributed by atoms with Crippen LogP contribution in [0, 0.1) is 11.3 Å². The molecule has 0 fully saturated rings. The molecule has 0 heterocycles. The molecule has 0 saturated heterocycles. The van der Waals surface area contributed by atoms with E-state index in [2.05, 4.69) is 31.1 Å². The second-order valence-electron chi connectivity index (χ2n) is 3.02. The first-order chi connectivity index (χ1) is 5.67. The molecular formula is C9H18N2S. The van der Waals surface area contributed by atoms with Gasteiger partial charge in [-0.25, -0.2) is 0 Å². The summed E-state index contributed by atoms with van der Waals surface area (Å²) in [6.45, 7) is 4.21. The van der Waals surface area contributed by atoms with Crippen LogP contribution >= 0.6 is 11.8 Å². The predicted octanol–water partition coefficient (Wildman–Crippen LogP) is 1.97. The molecule has 0 spiro atoms. The second kappa shape index (κ2) is 6.33. The van der Waals surface area contributed by atoms with Crippen molar-refractivity contribution in [3.05, 3.63) is 0 Å². The van der Waals surface area contributed by atoms with Gasteiger partial charge in [-0.1, -0.05) is 6.92 Å². The number of hydrogen-bond acceptors (Lipinski definition) is 3. The summed E-state index contributed by atoms with van der Waals surface area (Å²) in [7, 11) is 2.03. The van der Waals surface area contributed by atoms with Gasteiger partial charge in [0.25, 0.3) is 0 Å². The van der Waals surface area contributed by atoms with Crippen LogP contribution in [-0.2, 0) is 0 Å². The molecule has 2 unspecified atom stereocenters. The smallest absolute Gasteiger partial charge is 0.0975 e. The van der Waals surface area contributed by atoms with Crippen molar-refractivity contribution in [1.29, 1.82) is 5.26 Å². The van der Waals surface area contributed by atoms with Crippen molar-refractivity contribution in [2.24, 2.45) is 0 Å². The molecule has 0 aliphatic carbocycles. The highest BCUT2D eigenvalue weighted by Gasteiger charge is 2.16. The average Bonchev–Trinajstić information content (AvgIpc) is 2.07. The molecule has 0 aromatic rings. The molecule has 2 atom stereocenters. The summed E-state index contributed by atoms with van der Waals surface area (Å²) in [5.41, 5.74) is 0. The number of rotatable bonds is 5.